The van der Waals surface area contributed by atoms with Crippen molar-refractivity contribution in [1.82, 2.24) is 4.57 Å². The van der Waals surface area contributed by atoms with Gasteiger partial charge >= 0.3 is 5.97 Å². The van der Waals surface area contributed by atoms with Gasteiger partial charge in [-0.3, -0.25) is 4.79 Å². The molecule has 0 unspecified atom stereocenters. The van der Waals surface area contributed by atoms with E-state index in [9.17, 15) is 14.7 Å². The molecule has 0 spiro atoms. The summed E-state index contributed by atoms with van der Waals surface area (Å²) in [6, 6.07) is 20.8. The van der Waals surface area contributed by atoms with Gasteiger partial charge in [0.25, 0.3) is 0 Å². The molecule has 4 aromatic carbocycles. The van der Waals surface area contributed by atoms with Gasteiger partial charge in [-0.2, -0.15) is 0 Å². The highest BCUT2D eigenvalue weighted by Gasteiger charge is 2.47. The molecule has 7 nitrogen and oxygen atoms in total. The highest BCUT2D eigenvalue weighted by molar-refractivity contribution is 9.10. The Kier molecular flexibility index (Phi) is 6.63. The van der Waals surface area contributed by atoms with E-state index in [1.54, 1.807) is 26.0 Å². The summed E-state index contributed by atoms with van der Waals surface area (Å²) in [5.74, 6) is 0.0709. The van der Waals surface area contributed by atoms with Crippen LogP contribution in [-0.4, -0.2) is 34.5 Å². The summed E-state index contributed by atoms with van der Waals surface area (Å²) < 4.78 is 20.6. The summed E-state index contributed by atoms with van der Waals surface area (Å²) in [4.78, 5) is 26.9. The Bertz CT molecular complexity index is 1960. The molecular weight excluding hydrogens is 586 g/mol. The zero-order valence-electron chi connectivity index (χ0n) is 23.0. The third kappa shape index (κ3) is 4.57. The number of esters is 1. The van der Waals surface area contributed by atoms with E-state index in [4.69, 9.17) is 14.2 Å². The number of methoxy groups -OCH3 is 1. The van der Waals surface area contributed by atoms with Gasteiger partial charge in [0.2, 0.25) is 5.43 Å². The molecule has 5 aromatic rings. The van der Waals surface area contributed by atoms with E-state index in [2.05, 4.69) is 15.9 Å². The van der Waals surface area contributed by atoms with Crippen LogP contribution in [0.4, 0.5) is 0 Å². The number of hydrogen-bond donors (Lipinski definition) is 1. The van der Waals surface area contributed by atoms with Crippen molar-refractivity contribution in [2.45, 2.75) is 31.7 Å². The normalized spacial score (nSPS) is 18.0. The minimum Gasteiger partial charge on any atom is -0.496 e. The number of aliphatic hydroxyl groups excluding tert-OH is 1. The largest absolute Gasteiger partial charge is 0.496 e. The van der Waals surface area contributed by atoms with Gasteiger partial charge in [-0.05, 0) is 60.5 Å². The second kappa shape index (κ2) is 10.0. The first-order valence-electron chi connectivity index (χ1n) is 13.2. The summed E-state index contributed by atoms with van der Waals surface area (Å²) in [5.41, 5.74) is 1.02. The van der Waals surface area contributed by atoms with Gasteiger partial charge in [-0.1, -0.05) is 52.3 Å². The van der Waals surface area contributed by atoms with E-state index in [1.807, 2.05) is 72.3 Å². The number of carbonyl (C=O) groups is 1. The van der Waals surface area contributed by atoms with E-state index in [-0.39, 0.29) is 5.43 Å². The number of benzene rings is 4. The number of nitrogens with zero attached hydrogens (tertiary/aromatic N) is 1. The first-order chi connectivity index (χ1) is 19.6. The topological polar surface area (TPSA) is 87.0 Å². The lowest BCUT2D eigenvalue weighted by Gasteiger charge is -2.42. The van der Waals surface area contributed by atoms with Gasteiger partial charge in [0, 0.05) is 29.0 Å². The van der Waals surface area contributed by atoms with E-state index in [0.29, 0.717) is 38.9 Å². The molecule has 0 radical (unpaired) electrons. The van der Waals surface area contributed by atoms with Crippen molar-refractivity contribution < 1.29 is 24.1 Å². The Hall–Kier alpha value is -4.14. The number of aliphatic hydroxyl groups is 1. The van der Waals surface area contributed by atoms with Crippen LogP contribution in [-0.2, 0) is 16.6 Å². The molecule has 1 aromatic heterocycles. The number of aromatic nitrogens is 1. The maximum atomic E-state index is 14.0. The number of pyridine rings is 1. The Labute approximate surface area is 244 Å². The number of hydrogen-bond acceptors (Lipinski definition) is 6. The molecule has 0 saturated heterocycles. The maximum Gasteiger partial charge on any atom is 0.331 e. The van der Waals surface area contributed by atoms with Crippen molar-refractivity contribution >= 4 is 60.6 Å². The zero-order chi connectivity index (χ0) is 29.1. The van der Waals surface area contributed by atoms with Crippen molar-refractivity contribution in [3.8, 4) is 11.5 Å². The maximum absolute atomic E-state index is 14.0. The SMILES string of the molecule is COc1cc2c(c3c1c(=O)c1cc4ccccc4cc1n3C)[C@H](O)[C@H](OC(=O)C=Cc1cccc(Br)c1)C(C)(C)O2. The van der Waals surface area contributed by atoms with Crippen molar-refractivity contribution in [2.75, 3.05) is 7.11 Å². The van der Waals surface area contributed by atoms with E-state index < -0.39 is 23.8 Å². The third-order valence-corrected chi connectivity index (χ3v) is 8.16. The minimum absolute atomic E-state index is 0.221. The minimum atomic E-state index is -1.28. The predicted molar refractivity (Wildman–Crippen MR) is 163 cm³/mol. The fourth-order valence-corrected chi connectivity index (χ4v) is 6.11. The molecule has 0 amide bonds. The number of halogens is 1. The van der Waals surface area contributed by atoms with Crippen LogP contribution in [0, 0.1) is 0 Å². The number of rotatable bonds is 4. The monoisotopic (exact) mass is 613 g/mol. The molecule has 2 atom stereocenters. The summed E-state index contributed by atoms with van der Waals surface area (Å²) in [6.45, 7) is 3.49. The number of aryl methyl sites for hydroxylation is 1. The fourth-order valence-electron chi connectivity index (χ4n) is 5.70. The standard InChI is InChI=1S/C33H28BrNO6/c1-33(2)32(40-26(36)13-12-18-8-7-11-21(34)14-18)31(38)28-25(41-33)17-24(39-4)27-29(28)35(3)23-16-20-10-6-5-9-19(20)15-22(23)30(27)37/h5-17,31-32,38H,1-4H3/t31-,32-/m0/s1. The molecule has 0 saturated carbocycles. The van der Waals surface area contributed by atoms with Crippen molar-refractivity contribution in [1.29, 1.82) is 0 Å². The van der Waals surface area contributed by atoms with Crippen LogP contribution in [0.5, 0.6) is 11.5 Å². The van der Waals surface area contributed by atoms with Crippen LogP contribution in [0.3, 0.4) is 0 Å². The highest BCUT2D eigenvalue weighted by atomic mass is 79.9. The molecule has 1 aliphatic heterocycles. The van der Waals surface area contributed by atoms with Crippen LogP contribution in [0.1, 0.15) is 31.1 Å². The molecule has 0 fully saturated rings. The van der Waals surface area contributed by atoms with Crippen LogP contribution >= 0.6 is 15.9 Å². The Morgan fingerprint density at radius 1 is 1.07 bits per heavy atom. The molecule has 0 aliphatic carbocycles. The van der Waals surface area contributed by atoms with Crippen LogP contribution in [0.25, 0.3) is 38.7 Å². The van der Waals surface area contributed by atoms with Gasteiger partial charge in [0.05, 0.1) is 29.1 Å². The molecule has 1 aliphatic rings. The highest BCUT2D eigenvalue weighted by Crippen LogP contribution is 2.47. The first kappa shape index (κ1) is 27.1. The molecule has 6 rings (SSSR count). The Morgan fingerprint density at radius 2 is 1.80 bits per heavy atom. The molecule has 41 heavy (non-hydrogen) atoms. The van der Waals surface area contributed by atoms with E-state index >= 15 is 0 Å². The van der Waals surface area contributed by atoms with Gasteiger partial charge in [-0.25, -0.2) is 4.79 Å². The van der Waals surface area contributed by atoms with Crippen LogP contribution < -0.4 is 14.9 Å². The molecule has 1 N–H and O–H groups in total. The average molecular weight is 614 g/mol. The summed E-state index contributed by atoms with van der Waals surface area (Å²) >= 11 is 3.42. The summed E-state index contributed by atoms with van der Waals surface area (Å²) in [6.07, 6.45) is 0.619. The lowest BCUT2D eigenvalue weighted by molar-refractivity contribution is -0.171. The predicted octanol–water partition coefficient (Wildman–Crippen LogP) is 6.45. The fraction of sp³-hybridized carbons (Fsp3) is 0.212. The molecular formula is C33H28BrNO6. The van der Waals surface area contributed by atoms with Gasteiger partial charge in [0.1, 0.15) is 23.2 Å². The Balaban J connectivity index is 1.51. The van der Waals surface area contributed by atoms with E-state index in [0.717, 1.165) is 20.8 Å². The van der Waals surface area contributed by atoms with Crippen molar-refractivity contribution in [3.63, 3.8) is 0 Å². The van der Waals surface area contributed by atoms with Crippen molar-refractivity contribution in [3.05, 3.63) is 98.6 Å². The van der Waals surface area contributed by atoms with E-state index in [1.165, 1.54) is 13.2 Å². The molecule has 8 heteroatoms. The van der Waals surface area contributed by atoms with Crippen LogP contribution in [0.2, 0.25) is 0 Å². The van der Waals surface area contributed by atoms with Crippen molar-refractivity contribution in [2.24, 2.45) is 7.05 Å². The summed E-state index contributed by atoms with van der Waals surface area (Å²) in [7, 11) is 3.34. The molecule has 208 valence electrons. The second-order valence-electron chi connectivity index (χ2n) is 10.7. The first-order valence-corrected chi connectivity index (χ1v) is 14.0. The average Bonchev–Trinajstić information content (AvgIpc) is 2.95. The summed E-state index contributed by atoms with van der Waals surface area (Å²) in [5, 5.41) is 14.6. The second-order valence-corrected chi connectivity index (χ2v) is 11.6. The smallest absolute Gasteiger partial charge is 0.331 e. The number of fused-ring (bicyclic) bond motifs is 5. The lowest BCUT2D eigenvalue weighted by atomic mass is 9.86. The quantitative estimate of drug-likeness (QED) is 0.142. The molecule has 2 heterocycles. The van der Waals surface area contributed by atoms with Gasteiger partial charge in [-0.15, -0.1) is 0 Å². The lowest BCUT2D eigenvalue weighted by Crippen LogP contribution is -2.51. The Morgan fingerprint density at radius 3 is 2.51 bits per heavy atom. The van der Waals surface area contributed by atoms with Gasteiger partial charge < -0.3 is 23.9 Å². The molecule has 0 bridgehead atoms. The van der Waals surface area contributed by atoms with Gasteiger partial charge in [0.15, 0.2) is 6.10 Å². The zero-order valence-corrected chi connectivity index (χ0v) is 24.6. The van der Waals surface area contributed by atoms with Crippen LogP contribution in [0.15, 0.2) is 82.1 Å². The third-order valence-electron chi connectivity index (χ3n) is 7.66. The number of ether oxygens (including phenoxy) is 3. The number of carbonyl (C=O) groups excluding carboxylic acids is 1.